The van der Waals surface area contributed by atoms with E-state index in [1.54, 1.807) is 42.6 Å². The Labute approximate surface area is 263 Å². The Morgan fingerprint density at radius 2 is 1.75 bits per heavy atom. The minimum atomic E-state index is -0.312. The molecule has 10 heteroatoms. The van der Waals surface area contributed by atoms with E-state index in [0.29, 0.717) is 39.4 Å². The normalized spacial score (nSPS) is 11.6. The molecule has 0 aliphatic rings. The number of halogens is 4. The lowest BCUT2D eigenvalue weighted by Crippen LogP contribution is -2.20. The zero-order valence-electron chi connectivity index (χ0n) is 20.4. The summed E-state index contributed by atoms with van der Waals surface area (Å²) in [4.78, 5) is 18.3. The molecule has 0 fully saturated rings. The summed E-state index contributed by atoms with van der Waals surface area (Å²) in [6.07, 6.45) is 1.60. The Morgan fingerprint density at radius 3 is 2.55 bits per heavy atom. The average molecular weight is 820 g/mol. The Morgan fingerprint density at radius 1 is 1.00 bits per heavy atom. The maximum absolute atomic E-state index is 14.0. The van der Waals surface area contributed by atoms with E-state index in [1.807, 2.05) is 42.5 Å². The molecule has 0 aliphatic heterocycles. The fourth-order valence-electron chi connectivity index (χ4n) is 4.20. The molecule has 0 spiro atoms. The first-order valence-electron chi connectivity index (χ1n) is 12.0. The van der Waals surface area contributed by atoms with Gasteiger partial charge in [-0.05, 0) is 105 Å². The predicted octanol–water partition coefficient (Wildman–Crippen LogP) is 8.38. The van der Waals surface area contributed by atoms with Crippen LogP contribution in [0.25, 0.3) is 33.5 Å². The van der Waals surface area contributed by atoms with E-state index in [-0.39, 0.29) is 18.0 Å². The minimum absolute atomic E-state index is 0.113. The molecular weight excluding hydrogens is 803 g/mol. The van der Waals surface area contributed by atoms with Gasteiger partial charge in [0.05, 0.1) is 24.3 Å². The maximum atomic E-state index is 14.0. The summed E-state index contributed by atoms with van der Waals surface area (Å²) in [6, 6.07) is 25.0. The van der Waals surface area contributed by atoms with Crippen molar-refractivity contribution in [3.05, 3.63) is 124 Å². The number of benzene rings is 4. The van der Waals surface area contributed by atoms with Crippen molar-refractivity contribution in [2.45, 2.75) is 6.61 Å². The van der Waals surface area contributed by atoms with Crippen LogP contribution in [-0.4, -0.2) is 15.9 Å². The molecule has 2 aromatic heterocycles. The van der Waals surface area contributed by atoms with Crippen LogP contribution < -0.4 is 10.3 Å². The number of para-hydroxylation sites is 1. The predicted molar refractivity (Wildman–Crippen MR) is 175 cm³/mol. The van der Waals surface area contributed by atoms with Crippen LogP contribution in [0.4, 0.5) is 4.39 Å². The van der Waals surface area contributed by atoms with E-state index >= 15 is 0 Å². The van der Waals surface area contributed by atoms with Gasteiger partial charge in [0.2, 0.25) is 5.82 Å². The van der Waals surface area contributed by atoms with Crippen molar-refractivity contribution in [3.8, 4) is 17.3 Å². The first-order valence-corrected chi connectivity index (χ1v) is 14.9. The van der Waals surface area contributed by atoms with E-state index in [2.05, 4.69) is 66.2 Å². The third-order valence-corrected chi connectivity index (χ3v) is 8.22. The molecule has 4 aromatic carbocycles. The number of nitrogens with zero attached hydrogens (tertiary/aromatic N) is 3. The van der Waals surface area contributed by atoms with Crippen molar-refractivity contribution in [2.24, 2.45) is 5.10 Å². The second-order valence-electron chi connectivity index (χ2n) is 8.80. The molecule has 0 saturated heterocycles. The molecule has 6 aromatic rings. The molecule has 0 bridgehead atoms. The van der Waals surface area contributed by atoms with Gasteiger partial charge in [-0.3, -0.25) is 4.79 Å². The summed E-state index contributed by atoms with van der Waals surface area (Å²) in [5.41, 5.74) is 2.15. The summed E-state index contributed by atoms with van der Waals surface area (Å²) >= 11 is 7.84. The van der Waals surface area contributed by atoms with Crippen LogP contribution in [0.1, 0.15) is 11.1 Å². The SMILES string of the molecule is O=c1c2ccccc2nc(-c2cc3cc(Br)ccc3o2)n1N=Cc1cc(I)c(OCc2ccccc2F)c(I)c1. The van der Waals surface area contributed by atoms with E-state index in [1.165, 1.54) is 10.7 Å². The first-order chi connectivity index (χ1) is 19.4. The lowest BCUT2D eigenvalue weighted by atomic mass is 10.2. The Kier molecular flexibility index (Phi) is 7.73. The van der Waals surface area contributed by atoms with Crippen molar-refractivity contribution in [3.63, 3.8) is 0 Å². The molecule has 0 radical (unpaired) electrons. The molecule has 40 heavy (non-hydrogen) atoms. The van der Waals surface area contributed by atoms with Gasteiger partial charge < -0.3 is 9.15 Å². The number of hydrogen-bond donors (Lipinski definition) is 0. The van der Waals surface area contributed by atoms with Crippen LogP contribution in [0.3, 0.4) is 0 Å². The molecule has 0 amide bonds. The second kappa shape index (κ2) is 11.4. The maximum Gasteiger partial charge on any atom is 0.282 e. The van der Waals surface area contributed by atoms with Crippen LogP contribution in [0.5, 0.6) is 5.75 Å². The smallest absolute Gasteiger partial charge is 0.282 e. The number of ether oxygens (including phenoxy) is 1. The van der Waals surface area contributed by atoms with Crippen LogP contribution in [-0.2, 0) is 6.61 Å². The lowest BCUT2D eigenvalue weighted by molar-refractivity contribution is 0.295. The van der Waals surface area contributed by atoms with Gasteiger partial charge in [0.15, 0.2) is 5.76 Å². The largest absolute Gasteiger partial charge is 0.487 e. The molecule has 6 nitrogen and oxygen atoms in total. The van der Waals surface area contributed by atoms with Crippen LogP contribution >= 0.6 is 61.1 Å². The van der Waals surface area contributed by atoms with Crippen molar-refractivity contribution < 1.29 is 13.5 Å². The number of furan rings is 1. The van der Waals surface area contributed by atoms with Gasteiger partial charge in [-0.2, -0.15) is 9.78 Å². The molecular formula is C30H17BrFI2N3O3. The monoisotopic (exact) mass is 819 g/mol. The third-order valence-electron chi connectivity index (χ3n) is 6.13. The molecule has 198 valence electrons. The number of fused-ring (bicyclic) bond motifs is 2. The average Bonchev–Trinajstić information content (AvgIpc) is 3.36. The molecule has 0 aliphatic carbocycles. The van der Waals surface area contributed by atoms with Gasteiger partial charge in [0.25, 0.3) is 5.56 Å². The molecule has 0 unspecified atom stereocenters. The van der Waals surface area contributed by atoms with E-state index in [4.69, 9.17) is 14.1 Å². The summed E-state index contributed by atoms with van der Waals surface area (Å²) in [5.74, 6) is 1.06. The Balaban J connectivity index is 1.39. The highest BCUT2D eigenvalue weighted by Gasteiger charge is 2.17. The van der Waals surface area contributed by atoms with Gasteiger partial charge in [-0.1, -0.05) is 46.3 Å². The fraction of sp³-hybridized carbons (Fsp3) is 0.0333. The van der Waals surface area contributed by atoms with Crippen LogP contribution in [0.15, 0.2) is 104 Å². The van der Waals surface area contributed by atoms with Gasteiger partial charge in [-0.25, -0.2) is 9.37 Å². The molecule has 0 N–H and O–H groups in total. The molecule has 6 rings (SSSR count). The van der Waals surface area contributed by atoms with Crippen molar-refractivity contribution in [1.82, 2.24) is 9.66 Å². The highest BCUT2D eigenvalue weighted by Crippen LogP contribution is 2.31. The second-order valence-corrected chi connectivity index (χ2v) is 12.0. The van der Waals surface area contributed by atoms with Crippen LogP contribution in [0.2, 0.25) is 0 Å². The van der Waals surface area contributed by atoms with Crippen molar-refractivity contribution >= 4 is 89.2 Å². The van der Waals surface area contributed by atoms with Crippen molar-refractivity contribution in [2.75, 3.05) is 0 Å². The van der Waals surface area contributed by atoms with Gasteiger partial charge in [0, 0.05) is 15.4 Å². The van der Waals surface area contributed by atoms with Gasteiger partial charge >= 0.3 is 0 Å². The molecule has 0 saturated carbocycles. The number of hydrogen-bond acceptors (Lipinski definition) is 5. The number of aromatic nitrogens is 2. The Bertz CT molecular complexity index is 1980. The van der Waals surface area contributed by atoms with E-state index < -0.39 is 0 Å². The van der Waals surface area contributed by atoms with Crippen LogP contribution in [0, 0.1) is 13.0 Å². The lowest BCUT2D eigenvalue weighted by Gasteiger charge is -2.12. The third kappa shape index (κ3) is 5.44. The minimum Gasteiger partial charge on any atom is -0.487 e. The fourth-order valence-corrected chi connectivity index (χ4v) is 6.70. The zero-order chi connectivity index (χ0) is 27.8. The van der Waals surface area contributed by atoms with Crippen molar-refractivity contribution in [1.29, 1.82) is 0 Å². The number of rotatable bonds is 6. The van der Waals surface area contributed by atoms with Gasteiger partial charge in [-0.15, -0.1) is 0 Å². The summed E-state index contributed by atoms with van der Waals surface area (Å²) in [6.45, 7) is 0.113. The van der Waals surface area contributed by atoms with E-state index in [9.17, 15) is 9.18 Å². The zero-order valence-corrected chi connectivity index (χ0v) is 26.3. The van der Waals surface area contributed by atoms with E-state index in [0.717, 1.165) is 22.6 Å². The van der Waals surface area contributed by atoms with Gasteiger partial charge in [0.1, 0.15) is 23.8 Å². The highest BCUT2D eigenvalue weighted by molar-refractivity contribution is 14.1. The standard InChI is InChI=1S/C30H17BrFI2N3O3/c31-20-9-10-26-19(13-20)14-27(40-26)29-36-25-8-4-2-6-21(25)30(38)37(29)35-15-17-11-23(33)28(24(34)12-17)39-16-18-5-1-3-7-22(18)32/h1-15H,16H2. The summed E-state index contributed by atoms with van der Waals surface area (Å²) in [7, 11) is 0. The molecule has 0 atom stereocenters. The first kappa shape index (κ1) is 27.1. The Hall–Kier alpha value is -3.10. The topological polar surface area (TPSA) is 69.6 Å². The summed E-state index contributed by atoms with van der Waals surface area (Å²) < 4.78 is 29.9. The summed E-state index contributed by atoms with van der Waals surface area (Å²) in [5, 5.41) is 5.88. The molecule has 2 heterocycles. The highest BCUT2D eigenvalue weighted by atomic mass is 127. The quantitative estimate of drug-likeness (QED) is 0.125.